The van der Waals surface area contributed by atoms with Gasteiger partial charge in [-0.1, -0.05) is 44.5 Å². The van der Waals surface area contributed by atoms with Crippen LogP contribution >= 0.6 is 23.4 Å². The molecule has 0 bridgehead atoms. The Kier molecular flexibility index (Phi) is 5.25. The predicted octanol–water partition coefficient (Wildman–Crippen LogP) is 4.85. The molecule has 0 saturated heterocycles. The molecule has 0 atom stereocenters. The highest BCUT2D eigenvalue weighted by molar-refractivity contribution is 7.99. The number of fused-ring (bicyclic) bond motifs is 1. The normalized spacial score (nSPS) is 15.1. The van der Waals surface area contributed by atoms with E-state index in [9.17, 15) is 4.79 Å². The molecule has 3 rings (SSSR count). The lowest BCUT2D eigenvalue weighted by atomic mass is 9.88. The fraction of sp³-hybridized carbons (Fsp3) is 0.368. The van der Waals surface area contributed by atoms with Crippen LogP contribution in [0, 0.1) is 0 Å². The fourth-order valence-electron chi connectivity index (χ4n) is 3.07. The third kappa shape index (κ3) is 3.93. The van der Waals surface area contributed by atoms with Gasteiger partial charge < -0.3 is 5.32 Å². The van der Waals surface area contributed by atoms with Gasteiger partial charge in [-0.15, -0.1) is 11.8 Å². The van der Waals surface area contributed by atoms with Crippen molar-refractivity contribution in [2.75, 3.05) is 17.2 Å². The van der Waals surface area contributed by atoms with Gasteiger partial charge in [-0.25, -0.2) is 9.78 Å². The lowest BCUT2D eigenvalue weighted by Crippen LogP contribution is -2.41. The smallest absolute Gasteiger partial charge is 0.322 e. The molecule has 0 unspecified atom stereocenters. The highest BCUT2D eigenvalue weighted by Crippen LogP contribution is 2.40. The van der Waals surface area contributed by atoms with Crippen molar-refractivity contribution in [1.29, 1.82) is 0 Å². The van der Waals surface area contributed by atoms with Crippen LogP contribution in [0.2, 0.25) is 5.15 Å². The molecule has 1 aromatic carbocycles. The van der Waals surface area contributed by atoms with Crippen LogP contribution < -0.4 is 10.2 Å². The number of urea groups is 1. The molecule has 25 heavy (non-hydrogen) atoms. The van der Waals surface area contributed by atoms with Gasteiger partial charge in [0.05, 0.1) is 11.9 Å². The number of anilines is 1. The lowest BCUT2D eigenvalue weighted by molar-refractivity contribution is 0.245. The summed E-state index contributed by atoms with van der Waals surface area (Å²) in [6.45, 7) is 7.47. The zero-order chi connectivity index (χ0) is 18.0. The SMILES string of the molecule is CCSc1ccc(CNC(=O)N2CC(C)(C)c3cc(Cl)ncc32)cc1. The number of aromatic nitrogens is 1. The van der Waals surface area contributed by atoms with Crippen molar-refractivity contribution in [2.45, 2.75) is 37.6 Å². The lowest BCUT2D eigenvalue weighted by Gasteiger charge is -2.21. The minimum absolute atomic E-state index is 0.108. The van der Waals surface area contributed by atoms with E-state index >= 15 is 0 Å². The van der Waals surface area contributed by atoms with E-state index in [-0.39, 0.29) is 11.4 Å². The first-order chi connectivity index (χ1) is 11.9. The van der Waals surface area contributed by atoms with E-state index in [1.807, 2.05) is 17.8 Å². The summed E-state index contributed by atoms with van der Waals surface area (Å²) in [5.41, 5.74) is 2.84. The Morgan fingerprint density at radius 2 is 2.08 bits per heavy atom. The number of thioether (sulfide) groups is 1. The molecule has 1 aliphatic rings. The Morgan fingerprint density at radius 3 is 2.76 bits per heavy atom. The van der Waals surface area contributed by atoms with Crippen LogP contribution in [0.1, 0.15) is 31.9 Å². The van der Waals surface area contributed by atoms with Crippen molar-refractivity contribution in [3.8, 4) is 0 Å². The molecule has 0 aliphatic carbocycles. The molecular weight excluding hydrogens is 354 g/mol. The van der Waals surface area contributed by atoms with E-state index in [1.165, 1.54) is 4.90 Å². The summed E-state index contributed by atoms with van der Waals surface area (Å²) in [6, 6.07) is 10.0. The average Bonchev–Trinajstić information content (AvgIpc) is 2.85. The van der Waals surface area contributed by atoms with Crippen LogP contribution in [0.3, 0.4) is 0 Å². The quantitative estimate of drug-likeness (QED) is 0.613. The minimum atomic E-state index is -0.141. The van der Waals surface area contributed by atoms with Gasteiger partial charge in [-0.05, 0) is 35.1 Å². The van der Waals surface area contributed by atoms with Gasteiger partial charge in [-0.3, -0.25) is 4.90 Å². The number of carbonyl (C=O) groups excluding carboxylic acids is 1. The largest absolute Gasteiger partial charge is 0.334 e. The molecule has 1 aromatic heterocycles. The molecule has 0 radical (unpaired) electrons. The number of hydrogen-bond donors (Lipinski definition) is 1. The number of pyridine rings is 1. The third-order valence-electron chi connectivity index (χ3n) is 4.35. The van der Waals surface area contributed by atoms with Crippen molar-refractivity contribution in [3.63, 3.8) is 0 Å². The highest BCUT2D eigenvalue weighted by atomic mass is 35.5. The van der Waals surface area contributed by atoms with Crippen molar-refractivity contribution < 1.29 is 4.79 Å². The second-order valence-electron chi connectivity index (χ2n) is 6.73. The Labute approximate surface area is 158 Å². The summed E-state index contributed by atoms with van der Waals surface area (Å²) >= 11 is 7.83. The molecule has 1 aliphatic heterocycles. The molecule has 2 heterocycles. The van der Waals surface area contributed by atoms with Crippen molar-refractivity contribution in [1.82, 2.24) is 10.3 Å². The predicted molar refractivity (Wildman–Crippen MR) is 105 cm³/mol. The topological polar surface area (TPSA) is 45.2 Å². The van der Waals surface area contributed by atoms with Gasteiger partial charge in [0.1, 0.15) is 5.15 Å². The summed E-state index contributed by atoms with van der Waals surface area (Å²) < 4.78 is 0. The summed E-state index contributed by atoms with van der Waals surface area (Å²) in [5, 5.41) is 3.46. The van der Waals surface area contributed by atoms with Gasteiger partial charge in [-0.2, -0.15) is 0 Å². The Morgan fingerprint density at radius 1 is 1.36 bits per heavy atom. The van der Waals surface area contributed by atoms with Crippen LogP contribution in [0.25, 0.3) is 0 Å². The fourth-order valence-corrected chi connectivity index (χ4v) is 3.89. The van der Waals surface area contributed by atoms with Gasteiger partial charge in [0.2, 0.25) is 0 Å². The average molecular weight is 376 g/mol. The van der Waals surface area contributed by atoms with Crippen LogP contribution in [-0.2, 0) is 12.0 Å². The standard InChI is InChI=1S/C19H22ClN3OS/c1-4-25-14-7-5-13(6-8-14)10-22-18(24)23-12-19(2,3)15-9-17(20)21-11-16(15)23/h5-9,11H,4,10,12H2,1-3H3,(H,22,24). The van der Waals surface area contributed by atoms with Gasteiger partial charge in [0, 0.05) is 23.4 Å². The van der Waals surface area contributed by atoms with Crippen molar-refractivity contribution >= 4 is 35.1 Å². The molecule has 6 heteroatoms. The molecule has 0 spiro atoms. The minimum Gasteiger partial charge on any atom is -0.334 e. The first-order valence-electron chi connectivity index (χ1n) is 8.34. The van der Waals surface area contributed by atoms with Crippen molar-refractivity contribution in [3.05, 3.63) is 52.8 Å². The van der Waals surface area contributed by atoms with E-state index in [0.29, 0.717) is 18.2 Å². The first kappa shape index (κ1) is 18.1. The molecular formula is C19H22ClN3OS. The summed E-state index contributed by atoms with van der Waals surface area (Å²) in [7, 11) is 0. The van der Waals surface area contributed by atoms with Gasteiger partial charge >= 0.3 is 6.03 Å². The van der Waals surface area contributed by atoms with Crippen molar-refractivity contribution in [2.24, 2.45) is 0 Å². The maximum absolute atomic E-state index is 12.7. The number of rotatable bonds is 4. The molecule has 1 N–H and O–H groups in total. The summed E-state index contributed by atoms with van der Waals surface area (Å²) in [5.74, 6) is 1.05. The van der Waals surface area contributed by atoms with Crippen LogP contribution in [0.15, 0.2) is 41.4 Å². The number of amides is 2. The Balaban J connectivity index is 1.68. The maximum Gasteiger partial charge on any atom is 0.322 e. The summed E-state index contributed by atoms with van der Waals surface area (Å²) in [6.07, 6.45) is 1.68. The second kappa shape index (κ2) is 7.26. The number of halogens is 1. The maximum atomic E-state index is 12.7. The van der Waals surface area contributed by atoms with Crippen LogP contribution in [0.4, 0.5) is 10.5 Å². The van der Waals surface area contributed by atoms with Gasteiger partial charge in [0.15, 0.2) is 0 Å². The molecule has 4 nitrogen and oxygen atoms in total. The van der Waals surface area contributed by atoms with E-state index in [2.05, 4.69) is 55.3 Å². The van der Waals surface area contributed by atoms with Crippen LogP contribution in [0.5, 0.6) is 0 Å². The number of carbonyl (C=O) groups is 1. The molecule has 2 aromatic rings. The molecule has 2 amide bonds. The zero-order valence-corrected chi connectivity index (χ0v) is 16.2. The third-order valence-corrected chi connectivity index (χ3v) is 5.45. The number of hydrogen-bond acceptors (Lipinski definition) is 3. The molecule has 0 saturated carbocycles. The Bertz CT molecular complexity index is 777. The van der Waals surface area contributed by atoms with E-state index in [0.717, 1.165) is 22.6 Å². The molecule has 132 valence electrons. The van der Waals surface area contributed by atoms with E-state index in [4.69, 9.17) is 11.6 Å². The molecule has 0 fully saturated rings. The first-order valence-corrected chi connectivity index (χ1v) is 9.70. The summed E-state index contributed by atoms with van der Waals surface area (Å²) in [4.78, 5) is 19.8. The number of nitrogens with one attached hydrogen (secondary N) is 1. The highest BCUT2D eigenvalue weighted by Gasteiger charge is 2.38. The Hall–Kier alpha value is -1.72. The van der Waals surface area contributed by atoms with E-state index in [1.54, 1.807) is 11.1 Å². The van der Waals surface area contributed by atoms with Crippen LogP contribution in [-0.4, -0.2) is 23.3 Å². The monoisotopic (exact) mass is 375 g/mol. The van der Waals surface area contributed by atoms with E-state index < -0.39 is 0 Å². The number of benzene rings is 1. The van der Waals surface area contributed by atoms with Gasteiger partial charge in [0.25, 0.3) is 0 Å². The second-order valence-corrected chi connectivity index (χ2v) is 8.45. The number of nitrogens with zero attached hydrogens (tertiary/aromatic N) is 2. The zero-order valence-electron chi connectivity index (χ0n) is 14.7.